The summed E-state index contributed by atoms with van der Waals surface area (Å²) in [5, 5.41) is 0. The van der Waals surface area contributed by atoms with Crippen LogP contribution < -0.4 is 0 Å². The minimum absolute atomic E-state index is 0.499. The minimum Gasteiger partial charge on any atom is -0.0842 e. The van der Waals surface area contributed by atoms with Gasteiger partial charge in [0.05, 0.1) is 0 Å². The van der Waals surface area contributed by atoms with Crippen LogP contribution >= 0.6 is 22.6 Å². The highest BCUT2D eigenvalue weighted by molar-refractivity contribution is 14.1. The van der Waals surface area contributed by atoms with Crippen molar-refractivity contribution in [3.05, 3.63) is 103 Å². The third-order valence-electron chi connectivity index (χ3n) is 6.28. The first-order valence-electron chi connectivity index (χ1n) is 10.3. The first-order valence-corrected chi connectivity index (χ1v) is 11.4. The summed E-state index contributed by atoms with van der Waals surface area (Å²) >= 11 is 2.63. The maximum absolute atomic E-state index is 2.63. The third kappa shape index (κ3) is 3.14. The zero-order valence-electron chi connectivity index (χ0n) is 15.7. The highest BCUT2D eigenvalue weighted by Gasteiger charge is 2.36. The maximum Gasteiger partial charge on any atom is 0.0249 e. The summed E-state index contributed by atoms with van der Waals surface area (Å²) in [6.07, 6.45) is 32.0. The van der Waals surface area contributed by atoms with Gasteiger partial charge in [-0.25, -0.2) is 0 Å². The van der Waals surface area contributed by atoms with Gasteiger partial charge in [-0.2, -0.15) is 0 Å². The molecule has 0 fully saturated rings. The van der Waals surface area contributed by atoms with Crippen molar-refractivity contribution in [1.82, 2.24) is 0 Å². The summed E-state index contributed by atoms with van der Waals surface area (Å²) in [5.41, 5.74) is 10.6. The second-order valence-corrected chi connectivity index (χ2v) is 8.99. The molecule has 1 unspecified atom stereocenters. The fourth-order valence-electron chi connectivity index (χ4n) is 4.94. The monoisotopic (exact) mass is 464 g/mol. The minimum atomic E-state index is 0.499. The lowest BCUT2D eigenvalue weighted by molar-refractivity contribution is 0.689. The third-order valence-corrected chi connectivity index (χ3v) is 7.44. The van der Waals surface area contributed by atoms with Crippen molar-refractivity contribution in [2.24, 2.45) is 5.92 Å². The van der Waals surface area contributed by atoms with Crippen molar-refractivity contribution in [2.45, 2.75) is 44.9 Å². The van der Waals surface area contributed by atoms with Crippen LogP contribution in [0.4, 0.5) is 0 Å². The Morgan fingerprint density at radius 1 is 0.778 bits per heavy atom. The molecule has 1 heteroatoms. The standard InChI is InChI=1S/C26H25I/c27-26-23-14-8-7-13-21(23)22-16-15-20(18-9-3-1-4-10-18)17-24(22)25(26)19-11-5-2-6-12-19/h1,3,5,9,11-16,24H,2,4,6-8,10,17H2. The Morgan fingerprint density at radius 3 is 2.41 bits per heavy atom. The largest absolute Gasteiger partial charge is 0.0842 e. The highest BCUT2D eigenvalue weighted by atomic mass is 127. The van der Waals surface area contributed by atoms with Gasteiger partial charge >= 0.3 is 0 Å². The average Bonchev–Trinajstić information content (AvgIpc) is 2.75. The highest BCUT2D eigenvalue weighted by Crippen LogP contribution is 2.52. The zero-order valence-corrected chi connectivity index (χ0v) is 17.8. The van der Waals surface area contributed by atoms with E-state index in [0.717, 1.165) is 6.42 Å². The van der Waals surface area contributed by atoms with Gasteiger partial charge in [0.15, 0.2) is 0 Å². The van der Waals surface area contributed by atoms with Gasteiger partial charge in [-0.05, 0) is 107 Å². The van der Waals surface area contributed by atoms with E-state index in [1.165, 1.54) is 64.4 Å². The Hall–Kier alpha value is -1.61. The van der Waals surface area contributed by atoms with Crippen LogP contribution in [0.25, 0.3) is 0 Å². The number of hydrogen-bond donors (Lipinski definition) is 0. The molecule has 0 saturated heterocycles. The van der Waals surface area contributed by atoms with Crippen LogP contribution in [0.1, 0.15) is 44.9 Å². The molecule has 0 saturated carbocycles. The van der Waals surface area contributed by atoms with E-state index in [2.05, 4.69) is 83.4 Å². The van der Waals surface area contributed by atoms with Crippen molar-refractivity contribution in [3.8, 4) is 0 Å². The number of allylic oxidation sites excluding steroid dienone is 18. The van der Waals surface area contributed by atoms with Gasteiger partial charge in [-0.1, -0.05) is 60.8 Å². The summed E-state index contributed by atoms with van der Waals surface area (Å²) in [4.78, 5) is 0. The van der Waals surface area contributed by atoms with Crippen molar-refractivity contribution in [2.75, 3.05) is 0 Å². The molecule has 0 N–H and O–H groups in total. The fourth-order valence-corrected chi connectivity index (χ4v) is 6.14. The predicted octanol–water partition coefficient (Wildman–Crippen LogP) is 7.76. The maximum atomic E-state index is 2.63. The summed E-state index contributed by atoms with van der Waals surface area (Å²) < 4.78 is 1.48. The van der Waals surface area contributed by atoms with Crippen molar-refractivity contribution in [3.63, 3.8) is 0 Å². The summed E-state index contributed by atoms with van der Waals surface area (Å²) in [6, 6.07) is 0. The molecule has 0 aromatic heterocycles. The first kappa shape index (κ1) is 17.5. The van der Waals surface area contributed by atoms with Crippen LogP contribution in [0, 0.1) is 5.92 Å². The first-order chi connectivity index (χ1) is 13.3. The molecule has 0 amide bonds. The van der Waals surface area contributed by atoms with E-state index >= 15 is 0 Å². The Bertz CT molecular complexity index is 950. The van der Waals surface area contributed by atoms with Crippen LogP contribution in [0.5, 0.6) is 0 Å². The lowest BCUT2D eigenvalue weighted by Crippen LogP contribution is -2.23. The Morgan fingerprint density at radius 2 is 1.63 bits per heavy atom. The second kappa shape index (κ2) is 7.43. The van der Waals surface area contributed by atoms with E-state index in [4.69, 9.17) is 0 Å². The van der Waals surface area contributed by atoms with Crippen molar-refractivity contribution in [1.29, 1.82) is 0 Å². The van der Waals surface area contributed by atoms with Crippen LogP contribution in [0.3, 0.4) is 0 Å². The van der Waals surface area contributed by atoms with E-state index in [-0.39, 0.29) is 0 Å². The molecule has 0 radical (unpaired) electrons. The van der Waals surface area contributed by atoms with Crippen LogP contribution in [-0.2, 0) is 0 Å². The molecule has 0 spiro atoms. The topological polar surface area (TPSA) is 0 Å². The molecule has 27 heavy (non-hydrogen) atoms. The summed E-state index contributed by atoms with van der Waals surface area (Å²) in [6.45, 7) is 0. The van der Waals surface area contributed by atoms with Gasteiger partial charge < -0.3 is 0 Å². The number of rotatable bonds is 2. The van der Waals surface area contributed by atoms with E-state index in [1.807, 2.05) is 0 Å². The van der Waals surface area contributed by atoms with E-state index in [1.54, 1.807) is 16.7 Å². The van der Waals surface area contributed by atoms with Gasteiger partial charge in [0.2, 0.25) is 0 Å². The van der Waals surface area contributed by atoms with E-state index < -0.39 is 0 Å². The molecule has 0 aromatic carbocycles. The zero-order chi connectivity index (χ0) is 18.2. The Labute approximate surface area is 176 Å². The molecule has 0 nitrogen and oxygen atoms in total. The average molecular weight is 464 g/mol. The van der Waals surface area contributed by atoms with Gasteiger partial charge in [0, 0.05) is 9.50 Å². The van der Waals surface area contributed by atoms with E-state index in [9.17, 15) is 0 Å². The number of fused-ring (bicyclic) bond motifs is 3. The summed E-state index contributed by atoms with van der Waals surface area (Å²) in [7, 11) is 0. The molecule has 5 aliphatic carbocycles. The van der Waals surface area contributed by atoms with Gasteiger partial charge in [0.1, 0.15) is 0 Å². The Balaban J connectivity index is 1.64. The quantitative estimate of drug-likeness (QED) is 0.367. The lowest BCUT2D eigenvalue weighted by atomic mass is 9.68. The Kier molecular flexibility index (Phi) is 4.81. The van der Waals surface area contributed by atoms with Crippen LogP contribution in [0.2, 0.25) is 0 Å². The number of halogens is 1. The number of hydrogen-bond acceptors (Lipinski definition) is 0. The van der Waals surface area contributed by atoms with Crippen LogP contribution in [0.15, 0.2) is 103 Å². The molecule has 0 aliphatic heterocycles. The molecular weight excluding hydrogens is 439 g/mol. The van der Waals surface area contributed by atoms with Crippen molar-refractivity contribution >= 4 is 22.6 Å². The smallest absolute Gasteiger partial charge is 0.0249 e. The molecule has 0 aromatic rings. The van der Waals surface area contributed by atoms with Crippen molar-refractivity contribution < 1.29 is 0 Å². The molecule has 5 aliphatic rings. The molecule has 0 heterocycles. The van der Waals surface area contributed by atoms with Gasteiger partial charge in [-0.15, -0.1) is 0 Å². The van der Waals surface area contributed by atoms with Gasteiger partial charge in [0.25, 0.3) is 0 Å². The van der Waals surface area contributed by atoms with E-state index in [0.29, 0.717) is 5.92 Å². The second-order valence-electron chi connectivity index (χ2n) is 7.91. The normalized spacial score (nSPS) is 26.9. The molecule has 1 atom stereocenters. The molecule has 0 bridgehead atoms. The summed E-state index contributed by atoms with van der Waals surface area (Å²) in [5.74, 6) is 0.499. The molecule has 5 rings (SSSR count). The van der Waals surface area contributed by atoms with Crippen LogP contribution in [-0.4, -0.2) is 0 Å². The molecule has 136 valence electrons. The molecular formula is C26H25I. The fraction of sp³-hybridized carbons (Fsp3) is 0.308. The lowest BCUT2D eigenvalue weighted by Gasteiger charge is -2.38. The SMILES string of the molecule is IC1=C(C2=CCCC=C2)C2CC(C3=CC=CCC3)=CC=C2C2=CCCC=C21. The predicted molar refractivity (Wildman–Crippen MR) is 124 cm³/mol. The van der Waals surface area contributed by atoms with Gasteiger partial charge in [-0.3, -0.25) is 0 Å².